The van der Waals surface area contributed by atoms with Crippen LogP contribution in [0.4, 0.5) is 13.2 Å². The van der Waals surface area contributed by atoms with Gasteiger partial charge >= 0.3 is 12.1 Å². The van der Waals surface area contributed by atoms with Crippen molar-refractivity contribution in [1.82, 2.24) is 15.1 Å². The summed E-state index contributed by atoms with van der Waals surface area (Å²) in [6.45, 7) is 6.96. The molecule has 1 heterocycles. The fraction of sp³-hybridized carbons (Fsp3) is 0.600. The summed E-state index contributed by atoms with van der Waals surface area (Å²) < 4.78 is 38.0. The number of benzene rings is 1. The maximum absolute atomic E-state index is 12.7. The molecule has 0 radical (unpaired) electrons. The van der Waals surface area contributed by atoms with Crippen molar-refractivity contribution in [3.63, 3.8) is 0 Å². The zero-order valence-corrected chi connectivity index (χ0v) is 16.7. The van der Waals surface area contributed by atoms with Gasteiger partial charge in [0.2, 0.25) is 5.91 Å². The molecule has 1 amide bonds. The second-order valence-corrected chi connectivity index (χ2v) is 7.73. The van der Waals surface area contributed by atoms with Crippen molar-refractivity contribution in [3.8, 4) is 0 Å². The maximum Gasteiger partial charge on any atom is 0.416 e. The van der Waals surface area contributed by atoms with Gasteiger partial charge < -0.3 is 10.4 Å². The second-order valence-electron chi connectivity index (χ2n) is 7.73. The highest BCUT2D eigenvalue weighted by atomic mass is 19.4. The van der Waals surface area contributed by atoms with E-state index in [1.54, 1.807) is 13.8 Å². The van der Waals surface area contributed by atoms with Crippen LogP contribution in [-0.2, 0) is 22.3 Å². The van der Waals surface area contributed by atoms with E-state index in [4.69, 9.17) is 0 Å². The molecule has 1 aliphatic rings. The van der Waals surface area contributed by atoms with Gasteiger partial charge in [0.15, 0.2) is 0 Å². The zero-order valence-electron chi connectivity index (χ0n) is 16.7. The monoisotopic (exact) mass is 415 g/mol. The normalized spacial score (nSPS) is 17.7. The van der Waals surface area contributed by atoms with Gasteiger partial charge in [0.1, 0.15) is 6.04 Å². The molecule has 0 saturated carbocycles. The number of hydrogen-bond acceptors (Lipinski definition) is 4. The van der Waals surface area contributed by atoms with Gasteiger partial charge in [-0.15, -0.1) is 0 Å². The van der Waals surface area contributed by atoms with Gasteiger partial charge in [0.25, 0.3) is 0 Å². The van der Waals surface area contributed by atoms with E-state index >= 15 is 0 Å². The summed E-state index contributed by atoms with van der Waals surface area (Å²) in [4.78, 5) is 27.5. The first kappa shape index (κ1) is 23.2. The lowest BCUT2D eigenvalue weighted by Gasteiger charge is -2.23. The number of halogens is 3. The maximum atomic E-state index is 12.7. The van der Waals surface area contributed by atoms with Gasteiger partial charge in [-0.05, 0) is 43.1 Å². The Kier molecular flexibility index (Phi) is 8.04. The Balaban J connectivity index is 1.84. The second kappa shape index (κ2) is 10.1. The summed E-state index contributed by atoms with van der Waals surface area (Å²) in [6.07, 6.45) is -3.52. The number of carboxylic acids is 1. The number of aliphatic carboxylic acids is 1. The van der Waals surface area contributed by atoms with Crippen LogP contribution in [0.15, 0.2) is 24.3 Å². The van der Waals surface area contributed by atoms with Crippen LogP contribution in [0.25, 0.3) is 0 Å². The molecule has 1 aromatic carbocycles. The average molecular weight is 415 g/mol. The van der Waals surface area contributed by atoms with Crippen molar-refractivity contribution in [2.24, 2.45) is 5.92 Å². The number of nitrogens with zero attached hydrogens (tertiary/aromatic N) is 2. The van der Waals surface area contributed by atoms with Crippen LogP contribution < -0.4 is 5.32 Å². The standard InChI is InChI=1S/C20H28F3N3O3/c1-14(2)18(19(28)29)24-17(27)13-26-9-3-8-25(10-11-26)12-15-4-6-16(7-5-15)20(21,22)23/h4-7,14,18H,3,8-13H2,1-2H3,(H,24,27)(H,28,29)/t18-/m1/s1. The Hall–Kier alpha value is -2.13. The summed E-state index contributed by atoms with van der Waals surface area (Å²) >= 11 is 0. The number of carboxylic acid groups (broad SMARTS) is 1. The van der Waals surface area contributed by atoms with Crippen LogP contribution >= 0.6 is 0 Å². The fourth-order valence-corrected chi connectivity index (χ4v) is 3.33. The van der Waals surface area contributed by atoms with Gasteiger partial charge in [-0.1, -0.05) is 26.0 Å². The summed E-state index contributed by atoms with van der Waals surface area (Å²) in [6, 6.07) is 4.27. The molecule has 9 heteroatoms. The topological polar surface area (TPSA) is 72.9 Å². The Bertz CT molecular complexity index is 692. The molecule has 6 nitrogen and oxygen atoms in total. The van der Waals surface area contributed by atoms with Crippen molar-refractivity contribution in [2.75, 3.05) is 32.7 Å². The first-order valence-electron chi connectivity index (χ1n) is 9.69. The molecule has 0 spiro atoms. The third-order valence-corrected chi connectivity index (χ3v) is 4.99. The molecule has 1 atom stereocenters. The highest BCUT2D eigenvalue weighted by Gasteiger charge is 2.30. The molecule has 0 aliphatic carbocycles. The first-order valence-corrected chi connectivity index (χ1v) is 9.69. The van der Waals surface area contributed by atoms with E-state index in [-0.39, 0.29) is 18.4 Å². The molecule has 162 valence electrons. The van der Waals surface area contributed by atoms with E-state index in [2.05, 4.69) is 10.2 Å². The van der Waals surface area contributed by atoms with Gasteiger partial charge in [-0.2, -0.15) is 13.2 Å². The molecule has 2 N–H and O–H groups in total. The molecule has 29 heavy (non-hydrogen) atoms. The number of carbonyl (C=O) groups excluding carboxylic acids is 1. The van der Waals surface area contributed by atoms with Crippen LogP contribution in [-0.4, -0.2) is 65.5 Å². The van der Waals surface area contributed by atoms with Crippen LogP contribution in [0.3, 0.4) is 0 Å². The lowest BCUT2D eigenvalue weighted by Crippen LogP contribution is -2.48. The van der Waals surface area contributed by atoms with E-state index in [0.717, 1.165) is 30.7 Å². The molecular formula is C20H28F3N3O3. The van der Waals surface area contributed by atoms with Crippen molar-refractivity contribution < 1.29 is 27.9 Å². The van der Waals surface area contributed by atoms with Crippen molar-refractivity contribution in [2.45, 2.75) is 39.0 Å². The van der Waals surface area contributed by atoms with Crippen LogP contribution in [0.2, 0.25) is 0 Å². The predicted molar refractivity (Wildman–Crippen MR) is 102 cm³/mol. The summed E-state index contributed by atoms with van der Waals surface area (Å²) in [5.41, 5.74) is 0.154. The van der Waals surface area contributed by atoms with Crippen molar-refractivity contribution in [1.29, 1.82) is 0 Å². The minimum Gasteiger partial charge on any atom is -0.480 e. The number of nitrogens with one attached hydrogen (secondary N) is 1. The molecule has 0 unspecified atom stereocenters. The largest absolute Gasteiger partial charge is 0.480 e. The van der Waals surface area contributed by atoms with Crippen LogP contribution in [0, 0.1) is 5.92 Å². The first-order chi connectivity index (χ1) is 13.6. The van der Waals surface area contributed by atoms with E-state index in [1.165, 1.54) is 12.1 Å². The average Bonchev–Trinajstić information content (AvgIpc) is 2.84. The Morgan fingerprint density at radius 2 is 1.66 bits per heavy atom. The summed E-state index contributed by atoms with van der Waals surface area (Å²) in [5, 5.41) is 11.7. The number of rotatable bonds is 7. The molecule has 1 fully saturated rings. The molecule has 0 aromatic heterocycles. The molecule has 1 aromatic rings. The lowest BCUT2D eigenvalue weighted by molar-refractivity contribution is -0.143. The fourth-order valence-electron chi connectivity index (χ4n) is 3.33. The van der Waals surface area contributed by atoms with Gasteiger partial charge in [-0.3, -0.25) is 14.6 Å². The minimum absolute atomic E-state index is 0.130. The van der Waals surface area contributed by atoms with Gasteiger partial charge in [0, 0.05) is 19.6 Å². The molecule has 2 rings (SSSR count). The van der Waals surface area contributed by atoms with Gasteiger partial charge in [-0.25, -0.2) is 4.79 Å². The van der Waals surface area contributed by atoms with E-state index in [1.807, 2.05) is 4.90 Å². The third kappa shape index (κ3) is 7.32. The van der Waals surface area contributed by atoms with E-state index in [9.17, 15) is 27.9 Å². The van der Waals surface area contributed by atoms with Crippen molar-refractivity contribution in [3.05, 3.63) is 35.4 Å². The minimum atomic E-state index is -4.34. The quantitative estimate of drug-likeness (QED) is 0.716. The SMILES string of the molecule is CC(C)[C@@H](NC(=O)CN1CCCN(Cc2ccc(C(F)(F)F)cc2)CC1)C(=O)O. The molecular weight excluding hydrogens is 387 g/mol. The Labute approximate surface area is 168 Å². The Morgan fingerprint density at radius 1 is 1.07 bits per heavy atom. The van der Waals surface area contributed by atoms with Crippen LogP contribution in [0.5, 0.6) is 0 Å². The molecule has 1 aliphatic heterocycles. The predicted octanol–water partition coefficient (Wildman–Crippen LogP) is 2.44. The lowest BCUT2D eigenvalue weighted by atomic mass is 10.0. The third-order valence-electron chi connectivity index (χ3n) is 4.99. The number of amides is 1. The molecule has 1 saturated heterocycles. The number of carbonyl (C=O) groups is 2. The zero-order chi connectivity index (χ0) is 21.6. The van der Waals surface area contributed by atoms with E-state index < -0.39 is 23.8 Å². The highest BCUT2D eigenvalue weighted by molar-refractivity contribution is 5.84. The summed E-state index contributed by atoms with van der Waals surface area (Å²) in [7, 11) is 0. The highest BCUT2D eigenvalue weighted by Crippen LogP contribution is 2.29. The van der Waals surface area contributed by atoms with E-state index in [0.29, 0.717) is 26.2 Å². The number of hydrogen-bond donors (Lipinski definition) is 2. The summed E-state index contributed by atoms with van der Waals surface area (Å²) in [5.74, 6) is -1.57. The van der Waals surface area contributed by atoms with Crippen LogP contribution in [0.1, 0.15) is 31.4 Å². The Morgan fingerprint density at radius 3 is 2.21 bits per heavy atom. The van der Waals surface area contributed by atoms with Gasteiger partial charge in [0.05, 0.1) is 12.1 Å². The number of alkyl halides is 3. The molecule has 0 bridgehead atoms. The smallest absolute Gasteiger partial charge is 0.416 e. The van der Waals surface area contributed by atoms with Crippen molar-refractivity contribution >= 4 is 11.9 Å².